The van der Waals surface area contributed by atoms with E-state index in [1.807, 2.05) is 30.0 Å². The first-order valence-corrected chi connectivity index (χ1v) is 10.8. The molecule has 1 atom stereocenters. The van der Waals surface area contributed by atoms with E-state index < -0.39 is 0 Å². The summed E-state index contributed by atoms with van der Waals surface area (Å²) in [7, 11) is 1.86. The van der Waals surface area contributed by atoms with Crippen molar-refractivity contribution in [3.63, 3.8) is 0 Å². The first-order chi connectivity index (χ1) is 13.5. The maximum absolute atomic E-state index is 13.1. The van der Waals surface area contributed by atoms with Crippen molar-refractivity contribution in [1.29, 1.82) is 0 Å². The predicted molar refractivity (Wildman–Crippen MR) is 107 cm³/mol. The molecule has 7 heteroatoms. The van der Waals surface area contributed by atoms with Crippen LogP contribution in [-0.4, -0.2) is 82.1 Å². The average molecular weight is 388 g/mol. The van der Waals surface area contributed by atoms with Gasteiger partial charge in [0, 0.05) is 51.4 Å². The highest BCUT2D eigenvalue weighted by Crippen LogP contribution is 2.39. The van der Waals surface area contributed by atoms with E-state index in [-0.39, 0.29) is 17.2 Å². The molecule has 0 saturated carbocycles. The molecule has 7 nitrogen and oxygen atoms in total. The summed E-state index contributed by atoms with van der Waals surface area (Å²) in [5, 5.41) is 4.33. The van der Waals surface area contributed by atoms with Crippen LogP contribution in [0, 0.1) is 12.3 Å². The molecule has 1 spiro atoms. The Morgan fingerprint density at radius 1 is 1.00 bits per heavy atom. The monoisotopic (exact) mass is 387 g/mol. The van der Waals surface area contributed by atoms with Gasteiger partial charge < -0.3 is 9.80 Å². The third kappa shape index (κ3) is 3.95. The van der Waals surface area contributed by atoms with Gasteiger partial charge in [0.15, 0.2) is 0 Å². The van der Waals surface area contributed by atoms with E-state index in [1.54, 1.807) is 4.68 Å². The Labute approximate surface area is 167 Å². The number of carbonyl (C=O) groups excluding carboxylic acids is 2. The second-order valence-electron chi connectivity index (χ2n) is 9.03. The van der Waals surface area contributed by atoms with Crippen molar-refractivity contribution in [2.45, 2.75) is 45.4 Å². The Morgan fingerprint density at radius 3 is 2.36 bits per heavy atom. The minimum atomic E-state index is 0.106. The molecular formula is C21H33N5O2. The van der Waals surface area contributed by atoms with Crippen molar-refractivity contribution >= 4 is 11.8 Å². The highest BCUT2D eigenvalue weighted by Gasteiger charge is 2.41. The number of aryl methyl sites for hydroxylation is 2. The molecule has 2 amide bonds. The maximum atomic E-state index is 13.1. The van der Waals surface area contributed by atoms with Gasteiger partial charge in [-0.15, -0.1) is 0 Å². The SMILES string of the molecule is Cc1nn(C)cc1C(=O)N1CCCC2(CCCN(CC(=O)N3CCCC3)C2)C1. The zero-order chi connectivity index (χ0) is 19.7. The quantitative estimate of drug-likeness (QED) is 0.792. The third-order valence-corrected chi connectivity index (χ3v) is 6.75. The smallest absolute Gasteiger partial charge is 0.257 e. The van der Waals surface area contributed by atoms with Crippen molar-refractivity contribution in [2.24, 2.45) is 12.5 Å². The number of nitrogens with zero attached hydrogens (tertiary/aromatic N) is 5. The number of aromatic nitrogens is 2. The number of piperidine rings is 2. The molecule has 3 aliphatic rings. The molecule has 0 aromatic carbocycles. The van der Waals surface area contributed by atoms with Gasteiger partial charge in [-0.1, -0.05) is 0 Å². The summed E-state index contributed by atoms with van der Waals surface area (Å²) < 4.78 is 1.72. The summed E-state index contributed by atoms with van der Waals surface area (Å²) >= 11 is 0. The van der Waals surface area contributed by atoms with Gasteiger partial charge in [-0.05, 0) is 52.0 Å². The van der Waals surface area contributed by atoms with Crippen molar-refractivity contribution in [3.8, 4) is 0 Å². The fourth-order valence-corrected chi connectivity index (χ4v) is 5.40. The second kappa shape index (κ2) is 7.85. The fourth-order valence-electron chi connectivity index (χ4n) is 5.40. The van der Waals surface area contributed by atoms with Gasteiger partial charge in [0.2, 0.25) is 5.91 Å². The molecule has 3 aliphatic heterocycles. The normalized spacial score (nSPS) is 26.2. The van der Waals surface area contributed by atoms with E-state index in [2.05, 4.69) is 10.00 Å². The van der Waals surface area contributed by atoms with Crippen LogP contribution in [0.5, 0.6) is 0 Å². The van der Waals surface area contributed by atoms with Crippen LogP contribution >= 0.6 is 0 Å². The van der Waals surface area contributed by atoms with Crippen LogP contribution in [0.1, 0.15) is 54.6 Å². The van der Waals surface area contributed by atoms with Crippen LogP contribution < -0.4 is 0 Å². The number of amides is 2. The van der Waals surface area contributed by atoms with E-state index >= 15 is 0 Å². The van der Waals surface area contributed by atoms with Crippen LogP contribution in [0.4, 0.5) is 0 Å². The highest BCUT2D eigenvalue weighted by atomic mass is 16.2. The van der Waals surface area contributed by atoms with Gasteiger partial charge in [-0.25, -0.2) is 0 Å². The molecule has 0 N–H and O–H groups in total. The van der Waals surface area contributed by atoms with Crippen LogP contribution in [0.3, 0.4) is 0 Å². The molecule has 4 rings (SSSR count). The molecule has 0 bridgehead atoms. The van der Waals surface area contributed by atoms with Crippen molar-refractivity contribution in [1.82, 2.24) is 24.5 Å². The molecular weight excluding hydrogens is 354 g/mol. The molecule has 1 unspecified atom stereocenters. The minimum Gasteiger partial charge on any atom is -0.342 e. The first-order valence-electron chi connectivity index (χ1n) is 10.8. The summed E-state index contributed by atoms with van der Waals surface area (Å²) in [6.45, 7) is 7.83. The summed E-state index contributed by atoms with van der Waals surface area (Å²) in [6, 6.07) is 0. The Morgan fingerprint density at radius 2 is 1.68 bits per heavy atom. The summed E-state index contributed by atoms with van der Waals surface area (Å²) in [5.74, 6) is 0.388. The number of carbonyl (C=O) groups is 2. The molecule has 0 radical (unpaired) electrons. The lowest BCUT2D eigenvalue weighted by atomic mass is 9.73. The van der Waals surface area contributed by atoms with E-state index in [9.17, 15) is 9.59 Å². The fraction of sp³-hybridized carbons (Fsp3) is 0.762. The molecule has 3 fully saturated rings. The number of hydrogen-bond acceptors (Lipinski definition) is 4. The highest BCUT2D eigenvalue weighted by molar-refractivity contribution is 5.95. The van der Waals surface area contributed by atoms with Crippen LogP contribution in [0.15, 0.2) is 6.20 Å². The van der Waals surface area contributed by atoms with E-state index in [1.165, 1.54) is 0 Å². The van der Waals surface area contributed by atoms with Gasteiger partial charge in [-0.3, -0.25) is 19.2 Å². The zero-order valence-electron chi connectivity index (χ0n) is 17.3. The van der Waals surface area contributed by atoms with Crippen molar-refractivity contribution in [3.05, 3.63) is 17.5 Å². The first kappa shape index (κ1) is 19.4. The van der Waals surface area contributed by atoms with Gasteiger partial charge >= 0.3 is 0 Å². The second-order valence-corrected chi connectivity index (χ2v) is 9.03. The van der Waals surface area contributed by atoms with E-state index in [0.29, 0.717) is 6.54 Å². The van der Waals surface area contributed by atoms with Crippen molar-refractivity contribution < 1.29 is 9.59 Å². The lowest BCUT2D eigenvalue weighted by Gasteiger charge is -2.48. The molecule has 1 aromatic rings. The largest absolute Gasteiger partial charge is 0.342 e. The topological polar surface area (TPSA) is 61.7 Å². The molecule has 3 saturated heterocycles. The summed E-state index contributed by atoms with van der Waals surface area (Å²) in [6.07, 6.45) is 8.57. The molecule has 4 heterocycles. The van der Waals surface area contributed by atoms with Crippen LogP contribution in [0.2, 0.25) is 0 Å². The van der Waals surface area contributed by atoms with E-state index in [4.69, 9.17) is 0 Å². The Hall–Kier alpha value is -1.89. The van der Waals surface area contributed by atoms with Crippen LogP contribution in [0.25, 0.3) is 0 Å². The number of rotatable bonds is 3. The van der Waals surface area contributed by atoms with Gasteiger partial charge in [0.1, 0.15) is 0 Å². The number of hydrogen-bond donors (Lipinski definition) is 0. The standard InChI is InChI=1S/C21H33N5O2/c1-17-18(13-23(2)22-17)20(28)26-12-6-8-21(16-26)7-5-9-24(15-21)14-19(27)25-10-3-4-11-25/h13H,3-12,14-16H2,1-2H3. The van der Waals surface area contributed by atoms with Gasteiger partial charge in [0.25, 0.3) is 5.91 Å². The summed E-state index contributed by atoms with van der Waals surface area (Å²) in [4.78, 5) is 32.1. The lowest BCUT2D eigenvalue weighted by molar-refractivity contribution is -0.132. The Balaban J connectivity index is 1.41. The predicted octanol–water partition coefficient (Wildman–Crippen LogP) is 1.67. The number of likely N-dealkylation sites (tertiary alicyclic amines) is 3. The van der Waals surface area contributed by atoms with Crippen LogP contribution in [-0.2, 0) is 11.8 Å². The Kier molecular flexibility index (Phi) is 5.45. The Bertz CT molecular complexity index is 735. The summed E-state index contributed by atoms with van der Waals surface area (Å²) in [5.41, 5.74) is 1.65. The minimum absolute atomic E-state index is 0.106. The third-order valence-electron chi connectivity index (χ3n) is 6.75. The molecule has 1 aromatic heterocycles. The van der Waals surface area contributed by atoms with E-state index in [0.717, 1.165) is 89.1 Å². The van der Waals surface area contributed by atoms with Gasteiger partial charge in [-0.2, -0.15) is 5.10 Å². The average Bonchev–Trinajstić information content (AvgIpc) is 3.31. The zero-order valence-corrected chi connectivity index (χ0v) is 17.3. The molecule has 28 heavy (non-hydrogen) atoms. The van der Waals surface area contributed by atoms with Crippen molar-refractivity contribution in [2.75, 3.05) is 45.8 Å². The van der Waals surface area contributed by atoms with Gasteiger partial charge in [0.05, 0.1) is 17.8 Å². The molecule has 154 valence electrons. The maximum Gasteiger partial charge on any atom is 0.257 e. The molecule has 0 aliphatic carbocycles. The lowest BCUT2D eigenvalue weighted by Crippen LogP contribution is -2.55.